The standard InChI is InChI=1S/C24H33N5O/c1-19(2)23(30)27-22-11-9-20(10-12-22)17-26-24(25-3)29-15-13-28(14-16-29)18-21-7-5-4-6-8-21/h4-12,19H,13-18H2,1-3H3,(H,25,26)(H,27,30). The SMILES string of the molecule is CN=C(NCc1ccc(NC(=O)C(C)C)cc1)N1CCN(Cc2ccccc2)CC1. The lowest BCUT2D eigenvalue weighted by molar-refractivity contribution is -0.118. The Morgan fingerprint density at radius 1 is 0.967 bits per heavy atom. The number of nitrogens with one attached hydrogen (secondary N) is 2. The van der Waals surface area contributed by atoms with Gasteiger partial charge in [0.25, 0.3) is 0 Å². The van der Waals surface area contributed by atoms with Crippen LogP contribution in [0.5, 0.6) is 0 Å². The van der Waals surface area contributed by atoms with E-state index in [1.54, 1.807) is 0 Å². The number of rotatable bonds is 6. The molecule has 6 nitrogen and oxygen atoms in total. The molecule has 1 amide bonds. The van der Waals surface area contributed by atoms with Crippen LogP contribution in [0.2, 0.25) is 0 Å². The summed E-state index contributed by atoms with van der Waals surface area (Å²) in [4.78, 5) is 21.1. The van der Waals surface area contributed by atoms with Crippen LogP contribution >= 0.6 is 0 Å². The fourth-order valence-corrected chi connectivity index (χ4v) is 3.47. The van der Waals surface area contributed by atoms with Crippen molar-refractivity contribution >= 4 is 17.6 Å². The van der Waals surface area contributed by atoms with Crippen LogP contribution in [-0.2, 0) is 17.9 Å². The van der Waals surface area contributed by atoms with E-state index in [-0.39, 0.29) is 11.8 Å². The van der Waals surface area contributed by atoms with Crippen molar-refractivity contribution in [3.63, 3.8) is 0 Å². The number of nitrogens with zero attached hydrogens (tertiary/aromatic N) is 3. The predicted molar refractivity (Wildman–Crippen MR) is 123 cm³/mol. The molecule has 2 aromatic rings. The number of hydrogen-bond donors (Lipinski definition) is 2. The number of carbonyl (C=O) groups is 1. The molecule has 0 saturated carbocycles. The molecule has 1 heterocycles. The van der Waals surface area contributed by atoms with Crippen LogP contribution in [-0.4, -0.2) is 54.9 Å². The summed E-state index contributed by atoms with van der Waals surface area (Å²) >= 11 is 0. The third kappa shape index (κ3) is 6.32. The van der Waals surface area contributed by atoms with Gasteiger partial charge in [-0.3, -0.25) is 14.7 Å². The highest BCUT2D eigenvalue weighted by molar-refractivity contribution is 5.92. The molecule has 2 aromatic carbocycles. The largest absolute Gasteiger partial charge is 0.352 e. The molecule has 30 heavy (non-hydrogen) atoms. The molecule has 0 aromatic heterocycles. The van der Waals surface area contributed by atoms with E-state index in [0.29, 0.717) is 6.54 Å². The lowest BCUT2D eigenvalue weighted by Gasteiger charge is -2.36. The van der Waals surface area contributed by atoms with Crippen molar-refractivity contribution in [1.82, 2.24) is 15.1 Å². The molecule has 3 rings (SSSR count). The molecule has 0 radical (unpaired) electrons. The Bertz CT molecular complexity index is 824. The predicted octanol–water partition coefficient (Wildman–Crippen LogP) is 3.17. The Morgan fingerprint density at radius 3 is 2.23 bits per heavy atom. The van der Waals surface area contributed by atoms with Crippen LogP contribution in [0.3, 0.4) is 0 Å². The smallest absolute Gasteiger partial charge is 0.226 e. The molecule has 1 aliphatic heterocycles. The molecule has 1 saturated heterocycles. The summed E-state index contributed by atoms with van der Waals surface area (Å²) in [6.45, 7) is 9.47. The van der Waals surface area contributed by atoms with Gasteiger partial charge in [-0.15, -0.1) is 0 Å². The second kappa shape index (κ2) is 10.8. The van der Waals surface area contributed by atoms with Gasteiger partial charge in [0.1, 0.15) is 0 Å². The Labute approximate surface area is 180 Å². The van der Waals surface area contributed by atoms with Crippen LogP contribution < -0.4 is 10.6 Å². The Morgan fingerprint density at radius 2 is 1.63 bits per heavy atom. The van der Waals surface area contributed by atoms with E-state index in [1.165, 1.54) is 5.56 Å². The topological polar surface area (TPSA) is 60.0 Å². The van der Waals surface area contributed by atoms with E-state index < -0.39 is 0 Å². The molecule has 160 valence electrons. The number of aliphatic imine (C=N–C) groups is 1. The molecule has 1 aliphatic rings. The highest BCUT2D eigenvalue weighted by Crippen LogP contribution is 2.12. The average Bonchev–Trinajstić information content (AvgIpc) is 2.77. The zero-order chi connectivity index (χ0) is 21.3. The molecule has 0 aliphatic carbocycles. The van der Waals surface area contributed by atoms with Gasteiger partial charge >= 0.3 is 0 Å². The molecule has 0 unspecified atom stereocenters. The van der Waals surface area contributed by atoms with Gasteiger partial charge in [-0.05, 0) is 23.3 Å². The van der Waals surface area contributed by atoms with Crippen molar-refractivity contribution in [1.29, 1.82) is 0 Å². The maximum absolute atomic E-state index is 11.8. The molecule has 0 bridgehead atoms. The van der Waals surface area contributed by atoms with Gasteiger partial charge < -0.3 is 15.5 Å². The minimum absolute atomic E-state index is 0.0252. The summed E-state index contributed by atoms with van der Waals surface area (Å²) in [6, 6.07) is 18.6. The summed E-state index contributed by atoms with van der Waals surface area (Å²) in [7, 11) is 1.84. The third-order valence-corrected chi connectivity index (χ3v) is 5.33. The van der Waals surface area contributed by atoms with E-state index in [9.17, 15) is 4.79 Å². The first-order valence-electron chi connectivity index (χ1n) is 10.7. The summed E-state index contributed by atoms with van der Waals surface area (Å²) < 4.78 is 0. The number of benzene rings is 2. The molecule has 0 spiro atoms. The first kappa shape index (κ1) is 21.8. The monoisotopic (exact) mass is 407 g/mol. The van der Waals surface area contributed by atoms with Gasteiger partial charge in [0.05, 0.1) is 0 Å². The minimum atomic E-state index is -0.0252. The van der Waals surface area contributed by atoms with Gasteiger partial charge in [0.15, 0.2) is 5.96 Å². The lowest BCUT2D eigenvalue weighted by atomic mass is 10.1. The first-order chi connectivity index (χ1) is 14.5. The number of piperazine rings is 1. The van der Waals surface area contributed by atoms with E-state index in [2.05, 4.69) is 55.8 Å². The molecule has 0 atom stereocenters. The van der Waals surface area contributed by atoms with E-state index in [1.807, 2.05) is 45.2 Å². The maximum atomic E-state index is 11.8. The Kier molecular flexibility index (Phi) is 7.85. The molecule has 6 heteroatoms. The van der Waals surface area contributed by atoms with Gasteiger partial charge in [-0.2, -0.15) is 0 Å². The fourth-order valence-electron chi connectivity index (χ4n) is 3.47. The molecule has 2 N–H and O–H groups in total. The number of anilines is 1. The van der Waals surface area contributed by atoms with Gasteiger partial charge in [0, 0.05) is 57.9 Å². The average molecular weight is 408 g/mol. The van der Waals surface area contributed by atoms with Crippen molar-refractivity contribution in [3.8, 4) is 0 Å². The van der Waals surface area contributed by atoms with Crippen molar-refractivity contribution in [2.24, 2.45) is 10.9 Å². The highest BCUT2D eigenvalue weighted by Gasteiger charge is 2.19. The van der Waals surface area contributed by atoms with Crippen molar-refractivity contribution < 1.29 is 4.79 Å². The highest BCUT2D eigenvalue weighted by atomic mass is 16.1. The van der Waals surface area contributed by atoms with Crippen LogP contribution in [0.4, 0.5) is 5.69 Å². The van der Waals surface area contributed by atoms with Crippen LogP contribution in [0.1, 0.15) is 25.0 Å². The second-order valence-electron chi connectivity index (χ2n) is 7.99. The molecular formula is C24H33N5O. The summed E-state index contributed by atoms with van der Waals surface area (Å²) in [5.74, 6) is 0.946. The number of guanidine groups is 1. The van der Waals surface area contributed by atoms with E-state index in [0.717, 1.165) is 49.9 Å². The van der Waals surface area contributed by atoms with Crippen LogP contribution in [0.15, 0.2) is 59.6 Å². The van der Waals surface area contributed by atoms with E-state index in [4.69, 9.17) is 0 Å². The zero-order valence-electron chi connectivity index (χ0n) is 18.3. The Hall–Kier alpha value is -2.86. The second-order valence-corrected chi connectivity index (χ2v) is 7.99. The summed E-state index contributed by atoms with van der Waals surface area (Å²) in [6.07, 6.45) is 0. The van der Waals surface area contributed by atoms with Crippen LogP contribution in [0, 0.1) is 5.92 Å². The molecule has 1 fully saturated rings. The van der Waals surface area contributed by atoms with Gasteiger partial charge in [-0.1, -0.05) is 56.3 Å². The Balaban J connectivity index is 1.45. The number of carbonyl (C=O) groups excluding carboxylic acids is 1. The zero-order valence-corrected chi connectivity index (χ0v) is 18.3. The van der Waals surface area contributed by atoms with Crippen molar-refractivity contribution in [2.75, 3.05) is 38.5 Å². The normalized spacial score (nSPS) is 15.3. The summed E-state index contributed by atoms with van der Waals surface area (Å²) in [5.41, 5.74) is 3.35. The third-order valence-electron chi connectivity index (χ3n) is 5.33. The minimum Gasteiger partial charge on any atom is -0.352 e. The maximum Gasteiger partial charge on any atom is 0.226 e. The van der Waals surface area contributed by atoms with Crippen molar-refractivity contribution in [2.45, 2.75) is 26.9 Å². The van der Waals surface area contributed by atoms with Gasteiger partial charge in [0.2, 0.25) is 5.91 Å². The quantitative estimate of drug-likeness (QED) is 0.570. The van der Waals surface area contributed by atoms with Gasteiger partial charge in [-0.25, -0.2) is 0 Å². The van der Waals surface area contributed by atoms with Crippen LogP contribution in [0.25, 0.3) is 0 Å². The number of hydrogen-bond acceptors (Lipinski definition) is 3. The lowest BCUT2D eigenvalue weighted by Crippen LogP contribution is -2.52. The summed E-state index contributed by atoms with van der Waals surface area (Å²) in [5, 5.41) is 6.39. The number of amides is 1. The fraction of sp³-hybridized carbons (Fsp3) is 0.417. The van der Waals surface area contributed by atoms with E-state index >= 15 is 0 Å². The molecular weight excluding hydrogens is 374 g/mol. The van der Waals surface area contributed by atoms with Crippen molar-refractivity contribution in [3.05, 3.63) is 65.7 Å². The first-order valence-corrected chi connectivity index (χ1v) is 10.7.